The Hall–Kier alpha value is -3.71. The molecule has 2 unspecified atom stereocenters. The molecule has 0 saturated heterocycles. The van der Waals surface area contributed by atoms with Crippen LogP contribution in [0.1, 0.15) is 56.8 Å². The summed E-state index contributed by atoms with van der Waals surface area (Å²) in [7, 11) is 0. The first-order valence-corrected chi connectivity index (χ1v) is 12.0. The minimum absolute atomic E-state index is 0.0118. The van der Waals surface area contributed by atoms with E-state index in [9.17, 15) is 9.90 Å². The first-order valence-electron chi connectivity index (χ1n) is 12.0. The molecule has 2 atom stereocenters. The molecular weight excluding hydrogens is 440 g/mol. The summed E-state index contributed by atoms with van der Waals surface area (Å²) < 4.78 is 9.24. The normalized spacial score (nSPS) is 17.0. The van der Waals surface area contributed by atoms with Crippen molar-refractivity contribution >= 4 is 5.97 Å². The van der Waals surface area contributed by atoms with E-state index in [-0.39, 0.29) is 18.1 Å². The van der Waals surface area contributed by atoms with Crippen molar-refractivity contribution in [2.45, 2.75) is 51.3 Å². The quantitative estimate of drug-likeness (QED) is 0.414. The van der Waals surface area contributed by atoms with Gasteiger partial charge in [0.2, 0.25) is 0 Å². The van der Waals surface area contributed by atoms with Crippen LogP contribution in [-0.2, 0) is 9.53 Å². The number of aliphatic hydroxyl groups is 1. The summed E-state index contributed by atoms with van der Waals surface area (Å²) >= 11 is 0. The van der Waals surface area contributed by atoms with E-state index >= 15 is 0 Å². The molecule has 4 aromatic rings. The van der Waals surface area contributed by atoms with E-state index in [4.69, 9.17) is 4.74 Å². The summed E-state index contributed by atoms with van der Waals surface area (Å²) in [5.74, 6) is -0.168. The third-order valence-corrected chi connectivity index (χ3v) is 6.55. The zero-order chi connectivity index (χ0) is 24.6. The monoisotopic (exact) mass is 470 g/mol. The van der Waals surface area contributed by atoms with Crippen molar-refractivity contribution in [3.8, 4) is 22.5 Å². The predicted molar refractivity (Wildman–Crippen MR) is 134 cm³/mol. The molecule has 6 rings (SSSR count). The van der Waals surface area contributed by atoms with Crippen molar-refractivity contribution in [3.05, 3.63) is 84.7 Å². The Balaban J connectivity index is 0.000000145. The summed E-state index contributed by atoms with van der Waals surface area (Å²) in [5.41, 5.74) is 6.39. The van der Waals surface area contributed by atoms with Crippen LogP contribution in [0.5, 0.6) is 0 Å². The van der Waals surface area contributed by atoms with Gasteiger partial charge in [-0.15, -0.1) is 0 Å². The molecule has 4 heterocycles. The molecule has 0 radical (unpaired) electrons. The number of fused-ring (bicyclic) bond motifs is 6. The van der Waals surface area contributed by atoms with Gasteiger partial charge in [-0.05, 0) is 31.9 Å². The highest BCUT2D eigenvalue weighted by Gasteiger charge is 2.32. The Kier molecular flexibility index (Phi) is 6.03. The van der Waals surface area contributed by atoms with Crippen LogP contribution >= 0.6 is 0 Å². The van der Waals surface area contributed by atoms with Crippen molar-refractivity contribution in [1.82, 2.24) is 19.1 Å². The van der Waals surface area contributed by atoms with Crippen LogP contribution in [0.25, 0.3) is 22.5 Å². The number of esters is 1. The second-order valence-corrected chi connectivity index (χ2v) is 9.60. The summed E-state index contributed by atoms with van der Waals surface area (Å²) in [6, 6.07) is 16.7. The lowest BCUT2D eigenvalue weighted by atomic mass is 9.93. The Morgan fingerprint density at radius 1 is 0.914 bits per heavy atom. The molecule has 7 heteroatoms. The third-order valence-electron chi connectivity index (χ3n) is 6.55. The van der Waals surface area contributed by atoms with Crippen molar-refractivity contribution in [2.75, 3.05) is 6.61 Å². The summed E-state index contributed by atoms with van der Waals surface area (Å²) in [6.45, 7) is 5.95. The van der Waals surface area contributed by atoms with Crippen molar-refractivity contribution in [1.29, 1.82) is 0 Å². The maximum Gasteiger partial charge on any atom is 0.308 e. The number of carbonyl (C=O) groups excluding carboxylic acids is 1. The highest BCUT2D eigenvalue weighted by atomic mass is 16.5. The Bertz CT molecular complexity index is 1350. The highest BCUT2D eigenvalue weighted by molar-refractivity contribution is 5.75. The molecule has 0 bridgehead atoms. The van der Waals surface area contributed by atoms with Gasteiger partial charge in [-0.3, -0.25) is 4.79 Å². The van der Waals surface area contributed by atoms with Gasteiger partial charge < -0.3 is 19.0 Å². The molecule has 0 saturated carbocycles. The van der Waals surface area contributed by atoms with Gasteiger partial charge in [0.05, 0.1) is 67.1 Å². The first kappa shape index (κ1) is 23.1. The minimum Gasteiger partial charge on any atom is -0.466 e. The predicted octanol–water partition coefficient (Wildman–Crippen LogP) is 5.02. The van der Waals surface area contributed by atoms with Gasteiger partial charge in [0.1, 0.15) is 0 Å². The van der Waals surface area contributed by atoms with Crippen LogP contribution in [-0.4, -0.2) is 42.4 Å². The SMILES string of the molecule is CC(C)(O)CC1c2ccccc2-c2cncn21.CCOC(=O)CC1c2ccccc2-c2cncn21. The summed E-state index contributed by atoms with van der Waals surface area (Å²) in [5, 5.41) is 10.0. The lowest BCUT2D eigenvalue weighted by molar-refractivity contribution is -0.143. The molecule has 2 aliphatic heterocycles. The van der Waals surface area contributed by atoms with Gasteiger partial charge in [-0.2, -0.15) is 0 Å². The fourth-order valence-corrected chi connectivity index (χ4v) is 5.13. The number of ether oxygens (including phenoxy) is 1. The maximum atomic E-state index is 11.7. The molecule has 2 aromatic carbocycles. The molecule has 0 fully saturated rings. The fourth-order valence-electron chi connectivity index (χ4n) is 5.13. The second-order valence-electron chi connectivity index (χ2n) is 9.60. The zero-order valence-electron chi connectivity index (χ0n) is 20.3. The largest absolute Gasteiger partial charge is 0.466 e. The van der Waals surface area contributed by atoms with Gasteiger partial charge in [0, 0.05) is 17.5 Å². The topological polar surface area (TPSA) is 82.2 Å². The number of nitrogens with zero attached hydrogens (tertiary/aromatic N) is 4. The Labute approximate surface area is 205 Å². The molecule has 2 aliphatic rings. The zero-order valence-corrected chi connectivity index (χ0v) is 20.3. The molecular formula is C28H30N4O3. The van der Waals surface area contributed by atoms with E-state index in [1.54, 1.807) is 6.33 Å². The number of rotatable bonds is 5. The van der Waals surface area contributed by atoms with Crippen molar-refractivity contribution < 1.29 is 14.6 Å². The van der Waals surface area contributed by atoms with Crippen LogP contribution in [0.4, 0.5) is 0 Å². The van der Waals surface area contributed by atoms with Gasteiger partial charge >= 0.3 is 5.97 Å². The van der Waals surface area contributed by atoms with Crippen LogP contribution in [0.15, 0.2) is 73.6 Å². The molecule has 0 spiro atoms. The van der Waals surface area contributed by atoms with E-state index in [2.05, 4.69) is 44.9 Å². The van der Waals surface area contributed by atoms with Gasteiger partial charge in [-0.1, -0.05) is 48.5 Å². The van der Waals surface area contributed by atoms with Gasteiger partial charge in [-0.25, -0.2) is 9.97 Å². The van der Waals surface area contributed by atoms with Crippen molar-refractivity contribution in [2.24, 2.45) is 0 Å². The molecule has 0 aliphatic carbocycles. The van der Waals surface area contributed by atoms with E-state index in [1.807, 2.05) is 62.3 Å². The Morgan fingerprint density at radius 2 is 1.43 bits per heavy atom. The molecule has 0 amide bonds. The Morgan fingerprint density at radius 3 is 1.97 bits per heavy atom. The molecule has 2 aromatic heterocycles. The van der Waals surface area contributed by atoms with Crippen molar-refractivity contribution in [3.63, 3.8) is 0 Å². The molecule has 180 valence electrons. The third kappa shape index (κ3) is 4.39. The average molecular weight is 471 g/mol. The molecule has 7 nitrogen and oxygen atoms in total. The van der Waals surface area contributed by atoms with E-state index in [0.717, 1.165) is 17.0 Å². The summed E-state index contributed by atoms with van der Waals surface area (Å²) in [6.07, 6.45) is 8.42. The second kappa shape index (κ2) is 9.15. The van der Waals surface area contributed by atoms with Crippen LogP contribution in [0, 0.1) is 0 Å². The maximum absolute atomic E-state index is 11.7. The number of imidazole rings is 2. The van der Waals surface area contributed by atoms with Crippen LogP contribution < -0.4 is 0 Å². The van der Waals surface area contributed by atoms with E-state index in [0.29, 0.717) is 19.4 Å². The van der Waals surface area contributed by atoms with Gasteiger partial charge in [0.15, 0.2) is 0 Å². The fraction of sp³-hybridized carbons (Fsp3) is 0.321. The lowest BCUT2D eigenvalue weighted by Crippen LogP contribution is -2.24. The lowest BCUT2D eigenvalue weighted by Gasteiger charge is -2.23. The molecule has 35 heavy (non-hydrogen) atoms. The van der Waals surface area contributed by atoms with Crippen LogP contribution in [0.2, 0.25) is 0 Å². The average Bonchev–Trinajstić information content (AvgIpc) is 3.59. The first-order chi connectivity index (χ1) is 16.9. The summed E-state index contributed by atoms with van der Waals surface area (Å²) in [4.78, 5) is 20.0. The molecule has 1 N–H and O–H groups in total. The van der Waals surface area contributed by atoms with Gasteiger partial charge in [0.25, 0.3) is 0 Å². The minimum atomic E-state index is -0.677. The van der Waals surface area contributed by atoms with E-state index < -0.39 is 5.60 Å². The standard InChI is InChI=1S/C14H14N2O2.C14H16N2O/c1-2-18-14(17)7-12-10-5-3-4-6-11(10)13-8-15-9-16(12)13;1-14(2,17)7-12-10-5-3-4-6-11(10)13-8-15-9-16(12)13/h3-6,8-9,12H,2,7H2,1H3;3-6,8-9,12,17H,7H2,1-2H3. The van der Waals surface area contributed by atoms with Crippen LogP contribution in [0.3, 0.4) is 0 Å². The van der Waals surface area contributed by atoms with E-state index in [1.165, 1.54) is 16.7 Å². The number of hydrogen-bond acceptors (Lipinski definition) is 5. The highest BCUT2D eigenvalue weighted by Crippen LogP contribution is 2.42. The number of carbonyl (C=O) groups is 1. The number of aromatic nitrogens is 4. The smallest absolute Gasteiger partial charge is 0.308 e. The number of benzene rings is 2. The number of hydrogen-bond donors (Lipinski definition) is 1.